The SMILES string of the molecule is Cc1cc(N2CC(C(C)C(=O)O)C2)ccc1C(N)=O. The zero-order valence-electron chi connectivity index (χ0n) is 11.1. The maximum absolute atomic E-state index is 11.1. The third-order valence-corrected chi connectivity index (χ3v) is 3.85. The lowest BCUT2D eigenvalue weighted by Crippen LogP contribution is -2.51. The first kappa shape index (κ1) is 13.4. The van der Waals surface area contributed by atoms with Gasteiger partial charge in [-0.15, -0.1) is 0 Å². The first-order valence-electron chi connectivity index (χ1n) is 6.28. The Labute approximate surface area is 112 Å². The molecule has 0 saturated carbocycles. The third kappa shape index (κ3) is 2.54. The number of anilines is 1. The minimum atomic E-state index is -0.745. The highest BCUT2D eigenvalue weighted by Crippen LogP contribution is 2.30. The fourth-order valence-corrected chi connectivity index (χ4v) is 2.36. The summed E-state index contributed by atoms with van der Waals surface area (Å²) in [6, 6.07) is 5.50. The number of aliphatic carboxylic acids is 1. The number of carbonyl (C=O) groups is 2. The van der Waals surface area contributed by atoms with Crippen molar-refractivity contribution < 1.29 is 14.7 Å². The van der Waals surface area contributed by atoms with E-state index in [4.69, 9.17) is 10.8 Å². The predicted molar refractivity (Wildman–Crippen MR) is 72.2 cm³/mol. The molecule has 1 aromatic rings. The van der Waals surface area contributed by atoms with Crippen LogP contribution in [0.4, 0.5) is 5.69 Å². The second-order valence-electron chi connectivity index (χ2n) is 5.16. The van der Waals surface area contributed by atoms with Crippen molar-refractivity contribution in [1.29, 1.82) is 0 Å². The number of aryl methyl sites for hydroxylation is 1. The van der Waals surface area contributed by atoms with E-state index in [-0.39, 0.29) is 11.8 Å². The van der Waals surface area contributed by atoms with Crippen LogP contribution in [-0.4, -0.2) is 30.1 Å². The molecule has 1 amide bonds. The summed E-state index contributed by atoms with van der Waals surface area (Å²) in [6.07, 6.45) is 0. The third-order valence-electron chi connectivity index (χ3n) is 3.85. The summed E-state index contributed by atoms with van der Waals surface area (Å²) in [6.45, 7) is 5.07. The van der Waals surface area contributed by atoms with Gasteiger partial charge < -0.3 is 15.7 Å². The second-order valence-corrected chi connectivity index (χ2v) is 5.16. The van der Waals surface area contributed by atoms with Crippen molar-refractivity contribution in [2.75, 3.05) is 18.0 Å². The highest BCUT2D eigenvalue weighted by Gasteiger charge is 2.34. The summed E-state index contributed by atoms with van der Waals surface area (Å²) in [5.74, 6) is -1.30. The van der Waals surface area contributed by atoms with E-state index in [0.717, 1.165) is 24.3 Å². The Hall–Kier alpha value is -2.04. The molecule has 0 spiro atoms. The summed E-state index contributed by atoms with van der Waals surface area (Å²) < 4.78 is 0. The molecule has 1 fully saturated rings. The van der Waals surface area contributed by atoms with Crippen LogP contribution < -0.4 is 10.6 Å². The molecule has 1 atom stereocenters. The van der Waals surface area contributed by atoms with Crippen LogP contribution in [-0.2, 0) is 4.79 Å². The normalized spacial score (nSPS) is 16.8. The quantitative estimate of drug-likeness (QED) is 0.855. The van der Waals surface area contributed by atoms with E-state index in [0.29, 0.717) is 5.56 Å². The van der Waals surface area contributed by atoms with E-state index < -0.39 is 11.9 Å². The number of carboxylic acids is 1. The Kier molecular flexibility index (Phi) is 3.46. The van der Waals surface area contributed by atoms with Crippen molar-refractivity contribution in [3.8, 4) is 0 Å². The molecule has 5 nitrogen and oxygen atoms in total. The number of nitrogens with zero attached hydrogens (tertiary/aromatic N) is 1. The van der Waals surface area contributed by atoms with Gasteiger partial charge in [-0.3, -0.25) is 9.59 Å². The van der Waals surface area contributed by atoms with E-state index >= 15 is 0 Å². The number of amides is 1. The summed E-state index contributed by atoms with van der Waals surface area (Å²) in [7, 11) is 0. The molecule has 0 bridgehead atoms. The lowest BCUT2D eigenvalue weighted by atomic mass is 9.86. The molecule has 1 aliphatic rings. The number of hydrogen-bond donors (Lipinski definition) is 2. The summed E-state index contributed by atoms with van der Waals surface area (Å²) in [5.41, 5.74) is 7.65. The first-order chi connectivity index (χ1) is 8.90. The van der Waals surface area contributed by atoms with E-state index in [1.165, 1.54) is 0 Å². The standard InChI is InChI=1S/C14H18N2O3/c1-8-5-11(3-4-12(8)13(15)17)16-6-10(7-16)9(2)14(18)19/h3-5,9-10H,6-7H2,1-2H3,(H2,15,17)(H,18,19). The van der Waals surface area contributed by atoms with Gasteiger partial charge in [-0.05, 0) is 30.7 Å². The van der Waals surface area contributed by atoms with Gasteiger partial charge in [0.25, 0.3) is 0 Å². The number of primary amides is 1. The van der Waals surface area contributed by atoms with Crippen LogP contribution in [0, 0.1) is 18.8 Å². The van der Waals surface area contributed by atoms with Crippen molar-refractivity contribution in [2.24, 2.45) is 17.6 Å². The molecule has 0 aromatic heterocycles. The Balaban J connectivity index is 2.04. The maximum Gasteiger partial charge on any atom is 0.306 e. The largest absolute Gasteiger partial charge is 0.481 e. The number of carbonyl (C=O) groups excluding carboxylic acids is 1. The van der Waals surface area contributed by atoms with Crippen LogP contribution in [0.15, 0.2) is 18.2 Å². The molecule has 5 heteroatoms. The molecule has 0 radical (unpaired) electrons. The molecule has 1 saturated heterocycles. The van der Waals surface area contributed by atoms with Gasteiger partial charge in [-0.1, -0.05) is 6.92 Å². The van der Waals surface area contributed by atoms with E-state index in [9.17, 15) is 9.59 Å². The van der Waals surface area contributed by atoms with Gasteiger partial charge >= 0.3 is 5.97 Å². The highest BCUT2D eigenvalue weighted by atomic mass is 16.4. The first-order valence-corrected chi connectivity index (χ1v) is 6.28. The van der Waals surface area contributed by atoms with E-state index in [1.54, 1.807) is 13.0 Å². The predicted octanol–water partition coefficient (Wildman–Crippen LogP) is 1.25. The lowest BCUT2D eigenvalue weighted by molar-refractivity contribution is -0.143. The second kappa shape index (κ2) is 4.91. The van der Waals surface area contributed by atoms with Crippen molar-refractivity contribution >= 4 is 17.6 Å². The Morgan fingerprint density at radius 1 is 1.42 bits per heavy atom. The monoisotopic (exact) mass is 262 g/mol. The molecular weight excluding hydrogens is 244 g/mol. The summed E-state index contributed by atoms with van der Waals surface area (Å²) >= 11 is 0. The Bertz CT molecular complexity index is 521. The van der Waals surface area contributed by atoms with Gasteiger partial charge in [-0.25, -0.2) is 0 Å². The van der Waals surface area contributed by atoms with Crippen LogP contribution in [0.5, 0.6) is 0 Å². The molecule has 2 rings (SSSR count). The molecule has 0 aliphatic carbocycles. The number of benzene rings is 1. The van der Waals surface area contributed by atoms with E-state index in [2.05, 4.69) is 4.90 Å². The van der Waals surface area contributed by atoms with Gasteiger partial charge in [0.2, 0.25) is 5.91 Å². The maximum atomic E-state index is 11.1. The van der Waals surface area contributed by atoms with Gasteiger partial charge in [0.1, 0.15) is 0 Å². The molecule has 102 valence electrons. The van der Waals surface area contributed by atoms with Crippen molar-refractivity contribution in [2.45, 2.75) is 13.8 Å². The van der Waals surface area contributed by atoms with E-state index in [1.807, 2.05) is 19.1 Å². The lowest BCUT2D eigenvalue weighted by Gasteiger charge is -2.43. The van der Waals surface area contributed by atoms with Gasteiger partial charge in [-0.2, -0.15) is 0 Å². The van der Waals surface area contributed by atoms with Gasteiger partial charge in [0.05, 0.1) is 5.92 Å². The summed E-state index contributed by atoms with van der Waals surface area (Å²) in [5, 5.41) is 8.95. The number of hydrogen-bond acceptors (Lipinski definition) is 3. The summed E-state index contributed by atoms with van der Waals surface area (Å²) in [4.78, 5) is 24.1. The molecular formula is C14H18N2O3. The molecule has 19 heavy (non-hydrogen) atoms. The van der Waals surface area contributed by atoms with Gasteiger partial charge in [0, 0.05) is 30.3 Å². The number of nitrogens with two attached hydrogens (primary N) is 1. The number of carboxylic acid groups (broad SMARTS) is 1. The minimum absolute atomic E-state index is 0.189. The van der Waals surface area contributed by atoms with Crippen LogP contribution >= 0.6 is 0 Å². The Morgan fingerprint density at radius 3 is 2.53 bits per heavy atom. The van der Waals surface area contributed by atoms with Crippen LogP contribution in [0.2, 0.25) is 0 Å². The van der Waals surface area contributed by atoms with Crippen LogP contribution in [0.3, 0.4) is 0 Å². The zero-order chi connectivity index (χ0) is 14.2. The van der Waals surface area contributed by atoms with Gasteiger partial charge in [0.15, 0.2) is 0 Å². The Morgan fingerprint density at radius 2 is 2.05 bits per heavy atom. The average molecular weight is 262 g/mol. The zero-order valence-corrected chi connectivity index (χ0v) is 11.1. The molecule has 1 heterocycles. The topological polar surface area (TPSA) is 83.6 Å². The molecule has 3 N–H and O–H groups in total. The highest BCUT2D eigenvalue weighted by molar-refractivity contribution is 5.94. The molecule has 1 aromatic carbocycles. The number of rotatable bonds is 4. The fourth-order valence-electron chi connectivity index (χ4n) is 2.36. The van der Waals surface area contributed by atoms with Crippen molar-refractivity contribution in [1.82, 2.24) is 0 Å². The van der Waals surface area contributed by atoms with Crippen LogP contribution in [0.25, 0.3) is 0 Å². The molecule has 1 unspecified atom stereocenters. The minimum Gasteiger partial charge on any atom is -0.481 e. The molecule has 1 aliphatic heterocycles. The smallest absolute Gasteiger partial charge is 0.306 e. The fraction of sp³-hybridized carbons (Fsp3) is 0.429. The van der Waals surface area contributed by atoms with Crippen LogP contribution in [0.1, 0.15) is 22.8 Å². The van der Waals surface area contributed by atoms with Crippen molar-refractivity contribution in [3.63, 3.8) is 0 Å². The average Bonchev–Trinajstić information content (AvgIpc) is 2.26. The van der Waals surface area contributed by atoms with Crippen molar-refractivity contribution in [3.05, 3.63) is 29.3 Å².